The summed E-state index contributed by atoms with van der Waals surface area (Å²) < 4.78 is 1.14. The van der Waals surface area contributed by atoms with E-state index in [-0.39, 0.29) is 5.91 Å². The Kier molecular flexibility index (Phi) is 3.01. The summed E-state index contributed by atoms with van der Waals surface area (Å²) >= 11 is 1.62. The number of nitrogens with one attached hydrogen (secondary N) is 1. The molecule has 1 heterocycles. The fourth-order valence-electron chi connectivity index (χ4n) is 1.90. The van der Waals surface area contributed by atoms with E-state index < -0.39 is 0 Å². The van der Waals surface area contributed by atoms with Gasteiger partial charge in [-0.15, -0.1) is 11.3 Å². The maximum atomic E-state index is 11.2. The Morgan fingerprint density at radius 1 is 1.32 bits per heavy atom. The molecule has 0 aliphatic heterocycles. The van der Waals surface area contributed by atoms with Crippen LogP contribution in [0, 0.1) is 6.07 Å². The molecule has 1 aromatic heterocycles. The van der Waals surface area contributed by atoms with Crippen LogP contribution < -0.4 is 5.32 Å². The second-order valence-corrected chi connectivity index (χ2v) is 5.17. The zero-order valence-corrected chi connectivity index (χ0v) is 11.1. The molecule has 0 spiro atoms. The molecular weight excluding hydrogens is 256 g/mol. The average Bonchev–Trinajstić information content (AvgIpc) is 2.82. The number of carbonyl (C=O) groups excluding carboxylic acids is 1. The van der Waals surface area contributed by atoms with Crippen LogP contribution in [0.3, 0.4) is 0 Å². The molecule has 1 radical (unpaired) electrons. The minimum atomic E-state index is -0.0954. The number of hydrogen-bond acceptors (Lipinski definition) is 3. The van der Waals surface area contributed by atoms with Crippen molar-refractivity contribution in [1.82, 2.24) is 4.98 Å². The number of carbonyl (C=O) groups is 1. The molecule has 93 valence electrons. The Balaban J connectivity index is 2.13. The number of benzene rings is 2. The molecule has 0 saturated heterocycles. The van der Waals surface area contributed by atoms with Gasteiger partial charge in [-0.1, -0.05) is 18.2 Å². The summed E-state index contributed by atoms with van der Waals surface area (Å²) in [5.74, 6) is -0.0954. The highest BCUT2D eigenvalue weighted by molar-refractivity contribution is 7.21. The molecule has 1 N–H and O–H groups in total. The summed E-state index contributed by atoms with van der Waals surface area (Å²) in [4.78, 5) is 15.8. The molecule has 0 atom stereocenters. The Morgan fingerprint density at radius 2 is 2.16 bits per heavy atom. The Hall–Kier alpha value is -2.20. The first-order valence-electron chi connectivity index (χ1n) is 5.87. The van der Waals surface area contributed by atoms with Crippen LogP contribution in [-0.2, 0) is 4.79 Å². The number of thiazole rings is 1. The van der Waals surface area contributed by atoms with Crippen LogP contribution in [0.2, 0.25) is 0 Å². The van der Waals surface area contributed by atoms with E-state index in [1.807, 2.05) is 36.4 Å². The predicted octanol–water partition coefficient (Wildman–Crippen LogP) is 3.72. The van der Waals surface area contributed by atoms with Gasteiger partial charge in [0.1, 0.15) is 5.01 Å². The fraction of sp³-hybridized carbons (Fsp3) is 0.0667. The van der Waals surface area contributed by atoms with Gasteiger partial charge in [0, 0.05) is 12.5 Å². The largest absolute Gasteiger partial charge is 0.326 e. The third-order valence-electron chi connectivity index (χ3n) is 2.70. The van der Waals surface area contributed by atoms with Gasteiger partial charge < -0.3 is 5.32 Å². The van der Waals surface area contributed by atoms with Crippen molar-refractivity contribution in [2.75, 3.05) is 5.32 Å². The first-order chi connectivity index (χ1) is 9.24. The van der Waals surface area contributed by atoms with Crippen LogP contribution in [-0.4, -0.2) is 10.9 Å². The Morgan fingerprint density at radius 3 is 2.95 bits per heavy atom. The summed E-state index contributed by atoms with van der Waals surface area (Å²) in [6.07, 6.45) is 0. The number of anilines is 1. The highest BCUT2D eigenvalue weighted by Gasteiger charge is 2.10. The predicted molar refractivity (Wildman–Crippen MR) is 78.2 cm³/mol. The first-order valence-corrected chi connectivity index (χ1v) is 6.69. The van der Waals surface area contributed by atoms with Crippen molar-refractivity contribution in [3.05, 3.63) is 48.5 Å². The normalized spacial score (nSPS) is 10.6. The van der Waals surface area contributed by atoms with E-state index in [0.29, 0.717) is 0 Å². The average molecular weight is 267 g/mol. The van der Waals surface area contributed by atoms with Gasteiger partial charge in [-0.25, -0.2) is 4.98 Å². The molecule has 3 rings (SSSR count). The maximum absolute atomic E-state index is 11.2. The molecule has 0 saturated carbocycles. The van der Waals surface area contributed by atoms with E-state index in [4.69, 9.17) is 0 Å². The van der Waals surface area contributed by atoms with Gasteiger partial charge in [-0.2, -0.15) is 0 Å². The molecule has 0 aliphatic rings. The quantitative estimate of drug-likeness (QED) is 0.768. The van der Waals surface area contributed by atoms with E-state index >= 15 is 0 Å². The summed E-state index contributed by atoms with van der Waals surface area (Å²) in [5, 5.41) is 3.71. The van der Waals surface area contributed by atoms with Crippen molar-refractivity contribution < 1.29 is 4.79 Å². The number of para-hydroxylation sites is 1. The topological polar surface area (TPSA) is 42.0 Å². The van der Waals surface area contributed by atoms with Gasteiger partial charge in [-0.3, -0.25) is 4.79 Å². The van der Waals surface area contributed by atoms with Gasteiger partial charge in [0.2, 0.25) is 5.91 Å². The minimum Gasteiger partial charge on any atom is -0.326 e. The van der Waals surface area contributed by atoms with Crippen LogP contribution >= 0.6 is 11.3 Å². The third-order valence-corrected chi connectivity index (χ3v) is 3.77. The molecular formula is C15H11N2OS. The molecule has 0 unspecified atom stereocenters. The number of fused-ring (bicyclic) bond motifs is 1. The minimum absolute atomic E-state index is 0.0954. The van der Waals surface area contributed by atoms with Crippen LogP contribution in [0.1, 0.15) is 6.92 Å². The molecule has 0 bridgehead atoms. The van der Waals surface area contributed by atoms with Crippen molar-refractivity contribution in [2.45, 2.75) is 6.92 Å². The number of rotatable bonds is 2. The fourth-order valence-corrected chi connectivity index (χ4v) is 2.90. The maximum Gasteiger partial charge on any atom is 0.221 e. The smallest absolute Gasteiger partial charge is 0.221 e. The van der Waals surface area contributed by atoms with Crippen LogP contribution in [0.4, 0.5) is 5.69 Å². The lowest BCUT2D eigenvalue weighted by Crippen LogP contribution is -2.06. The third kappa shape index (κ3) is 2.35. The van der Waals surface area contributed by atoms with E-state index in [1.54, 1.807) is 17.4 Å². The van der Waals surface area contributed by atoms with Gasteiger partial charge in [0.25, 0.3) is 0 Å². The zero-order chi connectivity index (χ0) is 13.2. The van der Waals surface area contributed by atoms with Crippen molar-refractivity contribution in [1.29, 1.82) is 0 Å². The number of aromatic nitrogens is 1. The van der Waals surface area contributed by atoms with Crippen molar-refractivity contribution in [3.63, 3.8) is 0 Å². The van der Waals surface area contributed by atoms with Gasteiger partial charge >= 0.3 is 0 Å². The van der Waals surface area contributed by atoms with E-state index in [9.17, 15) is 4.79 Å². The summed E-state index contributed by atoms with van der Waals surface area (Å²) in [5.41, 5.74) is 2.65. The molecule has 0 fully saturated rings. The molecule has 3 nitrogen and oxygen atoms in total. The summed E-state index contributed by atoms with van der Waals surface area (Å²) in [7, 11) is 0. The van der Waals surface area contributed by atoms with Gasteiger partial charge in [0.15, 0.2) is 0 Å². The van der Waals surface area contributed by atoms with E-state index in [0.717, 1.165) is 26.5 Å². The second kappa shape index (κ2) is 4.82. The highest BCUT2D eigenvalue weighted by atomic mass is 32.1. The van der Waals surface area contributed by atoms with Gasteiger partial charge in [-0.05, 0) is 30.3 Å². The monoisotopic (exact) mass is 267 g/mol. The van der Waals surface area contributed by atoms with Crippen LogP contribution in [0.25, 0.3) is 20.8 Å². The molecule has 3 aromatic rings. The lowest BCUT2D eigenvalue weighted by atomic mass is 10.2. The van der Waals surface area contributed by atoms with Crippen molar-refractivity contribution in [3.8, 4) is 10.6 Å². The molecule has 2 aromatic carbocycles. The SMILES string of the molecule is CC(=O)Nc1c[c]ccc1-c1nc2ccccc2s1. The van der Waals surface area contributed by atoms with E-state index in [1.165, 1.54) is 6.92 Å². The standard InChI is InChI=1S/C15H11N2OS/c1-10(18)16-12-7-3-2-6-11(12)15-17-13-8-4-5-9-14(13)19-15/h2,4-9H,1H3,(H,16,18). The Bertz CT molecular complexity index is 715. The van der Waals surface area contributed by atoms with Crippen molar-refractivity contribution >= 4 is 33.1 Å². The second-order valence-electron chi connectivity index (χ2n) is 4.14. The van der Waals surface area contributed by atoms with Gasteiger partial charge in [0.05, 0.1) is 15.9 Å². The van der Waals surface area contributed by atoms with Crippen LogP contribution in [0.15, 0.2) is 42.5 Å². The molecule has 0 aliphatic carbocycles. The lowest BCUT2D eigenvalue weighted by Gasteiger charge is -2.06. The summed E-state index contributed by atoms with van der Waals surface area (Å²) in [6.45, 7) is 1.50. The molecule has 4 heteroatoms. The highest BCUT2D eigenvalue weighted by Crippen LogP contribution is 2.34. The number of amides is 1. The Labute approximate surface area is 114 Å². The number of nitrogens with zero attached hydrogens (tertiary/aromatic N) is 1. The lowest BCUT2D eigenvalue weighted by molar-refractivity contribution is -0.114. The zero-order valence-electron chi connectivity index (χ0n) is 10.3. The van der Waals surface area contributed by atoms with Crippen molar-refractivity contribution in [2.24, 2.45) is 0 Å². The summed E-state index contributed by atoms with van der Waals surface area (Å²) in [6, 6.07) is 16.5. The number of hydrogen-bond donors (Lipinski definition) is 1. The first kappa shape index (κ1) is 11.9. The van der Waals surface area contributed by atoms with E-state index in [2.05, 4.69) is 16.4 Å². The molecule has 19 heavy (non-hydrogen) atoms. The molecule has 1 amide bonds. The van der Waals surface area contributed by atoms with Crippen LogP contribution in [0.5, 0.6) is 0 Å².